The molecule has 0 unspecified atom stereocenters. The Bertz CT molecular complexity index is 342. The zero-order valence-corrected chi connectivity index (χ0v) is 7.73. The lowest BCUT2D eigenvalue weighted by atomic mass is 10.3. The summed E-state index contributed by atoms with van der Waals surface area (Å²) in [7, 11) is 0. The van der Waals surface area contributed by atoms with Gasteiger partial charge in [-0.25, -0.2) is 0 Å². The Labute approximate surface area is 81.5 Å². The van der Waals surface area contributed by atoms with E-state index in [4.69, 9.17) is 4.42 Å². The van der Waals surface area contributed by atoms with Gasteiger partial charge in [0.2, 0.25) is 5.78 Å². The molecule has 2 heterocycles. The van der Waals surface area contributed by atoms with Crippen LogP contribution in [0.5, 0.6) is 0 Å². The number of hydrogen-bond donors (Lipinski definition) is 0. The largest absolute Gasteiger partial charge is 0.469 e. The highest BCUT2D eigenvalue weighted by Crippen LogP contribution is 2.08. The second kappa shape index (κ2) is 3.65. The second-order valence-corrected chi connectivity index (χ2v) is 3.29. The van der Waals surface area contributed by atoms with Gasteiger partial charge in [-0.1, -0.05) is 0 Å². The molecule has 0 spiro atoms. The second-order valence-electron chi connectivity index (χ2n) is 3.29. The van der Waals surface area contributed by atoms with Crippen molar-refractivity contribution < 1.29 is 14.0 Å². The normalized spacial score (nSPS) is 16.7. The molecule has 0 saturated carbocycles. The van der Waals surface area contributed by atoms with Crippen LogP contribution in [0.15, 0.2) is 22.8 Å². The number of ketones is 1. The van der Waals surface area contributed by atoms with Crippen LogP contribution in [-0.4, -0.2) is 29.7 Å². The molecule has 0 bridgehead atoms. The van der Waals surface area contributed by atoms with E-state index in [2.05, 4.69) is 0 Å². The molecule has 1 aromatic heterocycles. The average Bonchev–Trinajstić information content (AvgIpc) is 2.77. The van der Waals surface area contributed by atoms with Gasteiger partial charge in [-0.05, 0) is 12.1 Å². The fraction of sp³-hybridized carbons (Fsp3) is 0.400. The molecule has 0 radical (unpaired) electrons. The van der Waals surface area contributed by atoms with E-state index >= 15 is 0 Å². The number of carbonyl (C=O) groups excluding carboxylic acids is 2. The molecular weight excluding hydrogens is 182 g/mol. The molecule has 74 valence electrons. The van der Waals surface area contributed by atoms with Gasteiger partial charge in [-0.15, -0.1) is 0 Å². The zero-order chi connectivity index (χ0) is 9.97. The molecule has 2 rings (SSSR count). The summed E-state index contributed by atoms with van der Waals surface area (Å²) in [4.78, 5) is 23.7. The smallest absolute Gasteiger partial charge is 0.290 e. The van der Waals surface area contributed by atoms with Crippen LogP contribution in [0.1, 0.15) is 12.2 Å². The molecule has 1 aliphatic rings. The molecule has 4 nitrogen and oxygen atoms in total. The van der Waals surface area contributed by atoms with Gasteiger partial charge >= 0.3 is 0 Å². The van der Waals surface area contributed by atoms with Crippen LogP contribution in [0.25, 0.3) is 0 Å². The summed E-state index contributed by atoms with van der Waals surface area (Å²) in [6, 6.07) is 3.68. The Morgan fingerprint density at radius 1 is 1.43 bits per heavy atom. The fourth-order valence-corrected chi connectivity index (χ4v) is 1.53. The number of furan rings is 1. The summed E-state index contributed by atoms with van der Waals surface area (Å²) in [6.45, 7) is 1.12. The van der Waals surface area contributed by atoms with Crippen molar-refractivity contribution in [1.82, 2.24) is 4.90 Å². The van der Waals surface area contributed by atoms with Gasteiger partial charge in [0.15, 0.2) is 0 Å². The SMILES string of the molecule is O=C1CCN(CCc2ccco2)C1=O. The van der Waals surface area contributed by atoms with Crippen LogP contribution < -0.4 is 0 Å². The zero-order valence-electron chi connectivity index (χ0n) is 7.73. The van der Waals surface area contributed by atoms with Crippen molar-refractivity contribution in [2.45, 2.75) is 12.8 Å². The van der Waals surface area contributed by atoms with Gasteiger partial charge in [0.1, 0.15) is 5.76 Å². The average molecular weight is 193 g/mol. The predicted molar refractivity (Wildman–Crippen MR) is 48.6 cm³/mol. The van der Waals surface area contributed by atoms with E-state index in [0.717, 1.165) is 5.76 Å². The lowest BCUT2D eigenvalue weighted by molar-refractivity contribution is -0.139. The van der Waals surface area contributed by atoms with Crippen LogP contribution >= 0.6 is 0 Å². The number of carbonyl (C=O) groups is 2. The number of hydrogen-bond acceptors (Lipinski definition) is 3. The number of amides is 1. The van der Waals surface area contributed by atoms with Gasteiger partial charge in [0, 0.05) is 25.9 Å². The van der Waals surface area contributed by atoms with Gasteiger partial charge in [0.25, 0.3) is 5.91 Å². The van der Waals surface area contributed by atoms with Crippen LogP contribution in [0, 0.1) is 0 Å². The van der Waals surface area contributed by atoms with E-state index in [-0.39, 0.29) is 11.7 Å². The van der Waals surface area contributed by atoms with E-state index in [1.807, 2.05) is 12.1 Å². The lowest BCUT2D eigenvalue weighted by Gasteiger charge is -2.12. The Kier molecular flexibility index (Phi) is 2.35. The minimum atomic E-state index is -0.350. The first kappa shape index (κ1) is 8.99. The molecule has 1 aliphatic heterocycles. The molecule has 1 amide bonds. The molecule has 0 aliphatic carbocycles. The van der Waals surface area contributed by atoms with Crippen LogP contribution in [0.4, 0.5) is 0 Å². The van der Waals surface area contributed by atoms with Crippen molar-refractivity contribution in [3.8, 4) is 0 Å². The van der Waals surface area contributed by atoms with Gasteiger partial charge in [0.05, 0.1) is 6.26 Å². The maximum absolute atomic E-state index is 11.2. The molecule has 0 atom stereocenters. The first-order chi connectivity index (χ1) is 6.77. The number of rotatable bonds is 3. The van der Waals surface area contributed by atoms with Crippen molar-refractivity contribution in [3.63, 3.8) is 0 Å². The third kappa shape index (κ3) is 1.69. The summed E-state index contributed by atoms with van der Waals surface area (Å²) < 4.78 is 5.13. The molecule has 1 fully saturated rings. The fourth-order valence-electron chi connectivity index (χ4n) is 1.53. The van der Waals surface area contributed by atoms with Crippen LogP contribution in [-0.2, 0) is 16.0 Å². The van der Waals surface area contributed by atoms with Crippen molar-refractivity contribution in [1.29, 1.82) is 0 Å². The van der Waals surface area contributed by atoms with Crippen molar-refractivity contribution in [2.75, 3.05) is 13.1 Å². The molecule has 4 heteroatoms. The Hall–Kier alpha value is -1.58. The lowest BCUT2D eigenvalue weighted by Crippen LogP contribution is -2.29. The van der Waals surface area contributed by atoms with Crippen LogP contribution in [0.2, 0.25) is 0 Å². The highest BCUT2D eigenvalue weighted by atomic mass is 16.3. The first-order valence-corrected chi connectivity index (χ1v) is 4.62. The predicted octanol–water partition coefficient (Wildman–Crippen LogP) is 0.623. The van der Waals surface area contributed by atoms with Gasteiger partial charge in [-0.2, -0.15) is 0 Å². The topological polar surface area (TPSA) is 50.5 Å². The van der Waals surface area contributed by atoms with Gasteiger partial charge < -0.3 is 9.32 Å². The summed E-state index contributed by atoms with van der Waals surface area (Å²) in [5.74, 6) is 0.221. The minimum Gasteiger partial charge on any atom is -0.469 e. The van der Waals surface area contributed by atoms with Crippen LogP contribution in [0.3, 0.4) is 0 Å². The number of Topliss-reactive ketones (excluding diaryl/α,β-unsaturated/α-hetero) is 1. The molecule has 0 aromatic carbocycles. The number of nitrogens with zero attached hydrogens (tertiary/aromatic N) is 1. The molecule has 0 N–H and O–H groups in total. The maximum Gasteiger partial charge on any atom is 0.290 e. The molecule has 1 aromatic rings. The van der Waals surface area contributed by atoms with E-state index < -0.39 is 0 Å². The number of likely N-dealkylation sites (tertiary alicyclic amines) is 1. The standard InChI is InChI=1S/C10H11NO3/c12-9-4-6-11(10(9)13)5-3-8-2-1-7-14-8/h1-2,7H,3-6H2. The Morgan fingerprint density at radius 2 is 2.29 bits per heavy atom. The van der Waals surface area contributed by atoms with Crippen molar-refractivity contribution in [2.24, 2.45) is 0 Å². The summed E-state index contributed by atoms with van der Waals surface area (Å²) >= 11 is 0. The minimum absolute atomic E-state index is 0.274. The molecular formula is C10H11NO3. The van der Waals surface area contributed by atoms with E-state index in [9.17, 15) is 9.59 Å². The third-order valence-electron chi connectivity index (χ3n) is 2.34. The van der Waals surface area contributed by atoms with Crippen molar-refractivity contribution >= 4 is 11.7 Å². The van der Waals surface area contributed by atoms with E-state index in [1.54, 1.807) is 11.2 Å². The molecule has 1 saturated heterocycles. The van der Waals surface area contributed by atoms with Gasteiger partial charge in [-0.3, -0.25) is 9.59 Å². The Balaban J connectivity index is 1.87. The monoisotopic (exact) mass is 193 g/mol. The summed E-state index contributed by atoms with van der Waals surface area (Å²) in [5.41, 5.74) is 0. The molecule has 14 heavy (non-hydrogen) atoms. The third-order valence-corrected chi connectivity index (χ3v) is 2.34. The van der Waals surface area contributed by atoms with Crippen molar-refractivity contribution in [3.05, 3.63) is 24.2 Å². The Morgan fingerprint density at radius 3 is 2.86 bits per heavy atom. The van der Waals surface area contributed by atoms with E-state index in [0.29, 0.717) is 25.9 Å². The quantitative estimate of drug-likeness (QED) is 0.661. The first-order valence-electron chi connectivity index (χ1n) is 4.62. The summed E-state index contributed by atoms with van der Waals surface area (Å²) in [6.07, 6.45) is 2.63. The van der Waals surface area contributed by atoms with E-state index in [1.165, 1.54) is 0 Å². The highest BCUT2D eigenvalue weighted by Gasteiger charge is 2.28. The maximum atomic E-state index is 11.2. The highest BCUT2D eigenvalue weighted by molar-refractivity contribution is 6.37. The summed E-state index contributed by atoms with van der Waals surface area (Å²) in [5, 5.41) is 0.